The maximum absolute atomic E-state index is 12.5. The topological polar surface area (TPSA) is 72.4 Å². The van der Waals surface area contributed by atoms with Gasteiger partial charge in [-0.15, -0.1) is 5.10 Å². The monoisotopic (exact) mass is 325 g/mol. The molecule has 1 aromatic heterocycles. The first-order valence-corrected chi connectivity index (χ1v) is 8.66. The van der Waals surface area contributed by atoms with E-state index in [4.69, 9.17) is 4.74 Å². The highest BCUT2D eigenvalue weighted by Gasteiger charge is 2.30. The summed E-state index contributed by atoms with van der Waals surface area (Å²) in [4.78, 5) is 13.7. The summed E-state index contributed by atoms with van der Waals surface area (Å²) in [5, 5.41) is 8.48. The van der Waals surface area contributed by atoms with Gasteiger partial charge in [0.05, 0.1) is 16.5 Å². The number of piperidine rings is 1. The van der Waals surface area contributed by atoms with Crippen LogP contribution in [0.15, 0.2) is 17.2 Å². The van der Waals surface area contributed by atoms with E-state index in [0.29, 0.717) is 31.0 Å². The zero-order valence-electron chi connectivity index (χ0n) is 13.5. The largest absolute Gasteiger partial charge is 0.444 e. The number of aromatic nitrogens is 2. The van der Waals surface area contributed by atoms with Gasteiger partial charge in [-0.3, -0.25) is 4.21 Å². The molecule has 122 valence electrons. The number of amides is 1. The van der Waals surface area contributed by atoms with Crippen molar-refractivity contribution < 1.29 is 13.7 Å². The molecular formula is C15H23N3O3S. The summed E-state index contributed by atoms with van der Waals surface area (Å²) in [7, 11) is -1.18. The molecule has 1 unspecified atom stereocenters. The van der Waals surface area contributed by atoms with E-state index in [9.17, 15) is 9.00 Å². The Morgan fingerprint density at radius 3 is 2.41 bits per heavy atom. The molecule has 1 fully saturated rings. The first-order chi connectivity index (χ1) is 10.3. The predicted molar refractivity (Wildman–Crippen MR) is 84.0 cm³/mol. The van der Waals surface area contributed by atoms with Gasteiger partial charge in [-0.1, -0.05) is 0 Å². The highest BCUT2D eigenvalue weighted by atomic mass is 32.2. The molecule has 1 aliphatic rings. The van der Waals surface area contributed by atoms with E-state index in [1.54, 1.807) is 11.0 Å². The molecule has 0 radical (unpaired) electrons. The summed E-state index contributed by atoms with van der Waals surface area (Å²) in [5.41, 5.74) is 0.314. The highest BCUT2D eigenvalue weighted by Crippen LogP contribution is 2.21. The Labute approximate surface area is 133 Å². The van der Waals surface area contributed by atoms with Crippen molar-refractivity contribution in [3.8, 4) is 0 Å². The van der Waals surface area contributed by atoms with Crippen molar-refractivity contribution in [2.75, 3.05) is 13.1 Å². The quantitative estimate of drug-likeness (QED) is 0.834. The fourth-order valence-corrected chi connectivity index (χ4v) is 3.55. The lowest BCUT2D eigenvalue weighted by molar-refractivity contribution is 0.0218. The molecule has 1 saturated heterocycles. The minimum absolute atomic E-state index is 0.00990. The molecule has 1 atom stereocenters. The molecule has 22 heavy (non-hydrogen) atoms. The third-order valence-corrected chi connectivity index (χ3v) is 5.08. The van der Waals surface area contributed by atoms with E-state index in [-0.39, 0.29) is 11.3 Å². The molecule has 0 spiro atoms. The molecule has 0 bridgehead atoms. The van der Waals surface area contributed by atoms with Crippen LogP contribution < -0.4 is 0 Å². The van der Waals surface area contributed by atoms with Crippen LogP contribution in [0.4, 0.5) is 4.79 Å². The Morgan fingerprint density at radius 1 is 1.27 bits per heavy atom. The molecule has 7 heteroatoms. The van der Waals surface area contributed by atoms with Gasteiger partial charge in [0.1, 0.15) is 10.6 Å². The summed E-state index contributed by atoms with van der Waals surface area (Å²) in [6, 6.07) is 3.58. The summed E-state index contributed by atoms with van der Waals surface area (Å²) in [6.45, 7) is 8.52. The van der Waals surface area contributed by atoms with Gasteiger partial charge < -0.3 is 9.64 Å². The zero-order chi connectivity index (χ0) is 16.3. The van der Waals surface area contributed by atoms with E-state index in [1.807, 2.05) is 33.8 Å². The molecule has 0 N–H and O–H groups in total. The molecule has 0 saturated carbocycles. The second kappa shape index (κ2) is 6.73. The number of nitrogens with zero attached hydrogens (tertiary/aromatic N) is 3. The molecule has 2 rings (SSSR count). The summed E-state index contributed by atoms with van der Waals surface area (Å²) in [5.74, 6) is 0. The number of aryl methyl sites for hydroxylation is 1. The van der Waals surface area contributed by atoms with Gasteiger partial charge in [0, 0.05) is 18.3 Å². The third kappa shape index (κ3) is 4.50. The van der Waals surface area contributed by atoms with Crippen molar-refractivity contribution in [1.82, 2.24) is 15.1 Å². The average Bonchev–Trinajstić information content (AvgIpc) is 2.46. The van der Waals surface area contributed by atoms with Crippen molar-refractivity contribution >= 4 is 16.9 Å². The van der Waals surface area contributed by atoms with Gasteiger partial charge in [0.2, 0.25) is 0 Å². The lowest BCUT2D eigenvalue weighted by Gasteiger charge is -2.32. The van der Waals surface area contributed by atoms with Crippen LogP contribution >= 0.6 is 0 Å². The minimum Gasteiger partial charge on any atom is -0.444 e. The van der Waals surface area contributed by atoms with Crippen LogP contribution in [-0.2, 0) is 15.5 Å². The highest BCUT2D eigenvalue weighted by molar-refractivity contribution is 7.85. The fraction of sp³-hybridized carbons (Fsp3) is 0.667. The van der Waals surface area contributed by atoms with Gasteiger partial charge in [0.25, 0.3) is 0 Å². The van der Waals surface area contributed by atoms with Crippen molar-refractivity contribution in [3.63, 3.8) is 0 Å². The molecule has 1 aromatic rings. The second-order valence-electron chi connectivity index (χ2n) is 6.48. The van der Waals surface area contributed by atoms with E-state index in [2.05, 4.69) is 10.2 Å². The summed E-state index contributed by atoms with van der Waals surface area (Å²) >= 11 is 0. The van der Waals surface area contributed by atoms with Gasteiger partial charge in [0.15, 0.2) is 0 Å². The number of carbonyl (C=O) groups is 1. The Bertz CT molecular complexity index is 546. The number of carbonyl (C=O) groups excluding carboxylic acids is 1. The number of hydrogen-bond donors (Lipinski definition) is 0. The Morgan fingerprint density at radius 2 is 1.91 bits per heavy atom. The molecular weight excluding hydrogens is 302 g/mol. The Balaban J connectivity index is 1.90. The van der Waals surface area contributed by atoms with E-state index in [0.717, 1.165) is 5.69 Å². The van der Waals surface area contributed by atoms with Gasteiger partial charge in [-0.25, -0.2) is 4.79 Å². The summed E-state index contributed by atoms with van der Waals surface area (Å²) in [6.07, 6.45) is 1.06. The van der Waals surface area contributed by atoms with E-state index in [1.165, 1.54) is 0 Å². The first kappa shape index (κ1) is 16.9. The Kier molecular flexibility index (Phi) is 5.16. The number of likely N-dealkylation sites (tertiary alicyclic amines) is 1. The van der Waals surface area contributed by atoms with Gasteiger partial charge >= 0.3 is 6.09 Å². The van der Waals surface area contributed by atoms with E-state index >= 15 is 0 Å². The first-order valence-electron chi connectivity index (χ1n) is 7.45. The zero-order valence-corrected chi connectivity index (χ0v) is 14.4. The molecule has 1 aliphatic heterocycles. The van der Waals surface area contributed by atoms with Gasteiger partial charge in [-0.05, 0) is 52.7 Å². The maximum Gasteiger partial charge on any atom is 0.410 e. The SMILES string of the molecule is Cc1ccc(S(=O)C2CCN(C(=O)OC(C)(C)C)CC2)nn1. The van der Waals surface area contributed by atoms with Crippen molar-refractivity contribution in [2.45, 2.75) is 56.4 Å². The standard InChI is InChI=1S/C15H23N3O3S/c1-11-5-6-13(17-16-11)22(20)12-7-9-18(10-8-12)14(19)21-15(2,3)4/h5-6,12H,7-10H2,1-4H3. The van der Waals surface area contributed by atoms with Crippen LogP contribution in [0.5, 0.6) is 0 Å². The minimum atomic E-state index is -1.18. The molecule has 0 aromatic carbocycles. The number of ether oxygens (including phenoxy) is 1. The van der Waals surface area contributed by atoms with Crippen LogP contribution in [0.25, 0.3) is 0 Å². The van der Waals surface area contributed by atoms with Crippen LogP contribution in [0.2, 0.25) is 0 Å². The molecule has 1 amide bonds. The molecule has 2 heterocycles. The van der Waals surface area contributed by atoms with Crippen molar-refractivity contribution in [1.29, 1.82) is 0 Å². The smallest absolute Gasteiger partial charge is 0.410 e. The van der Waals surface area contributed by atoms with Crippen LogP contribution in [-0.4, -0.2) is 49.3 Å². The Hall–Kier alpha value is -1.50. The lowest BCUT2D eigenvalue weighted by Crippen LogP contribution is -2.43. The van der Waals surface area contributed by atoms with E-state index < -0.39 is 16.4 Å². The maximum atomic E-state index is 12.5. The normalized spacial score (nSPS) is 18.1. The molecule has 6 nitrogen and oxygen atoms in total. The predicted octanol–water partition coefficient (Wildman–Crippen LogP) is 2.29. The van der Waals surface area contributed by atoms with Gasteiger partial charge in [-0.2, -0.15) is 5.10 Å². The number of hydrogen-bond acceptors (Lipinski definition) is 5. The van der Waals surface area contributed by atoms with Crippen LogP contribution in [0.1, 0.15) is 39.3 Å². The van der Waals surface area contributed by atoms with Crippen LogP contribution in [0, 0.1) is 6.92 Å². The fourth-order valence-electron chi connectivity index (χ4n) is 2.24. The summed E-state index contributed by atoms with van der Waals surface area (Å²) < 4.78 is 17.8. The molecule has 0 aliphatic carbocycles. The van der Waals surface area contributed by atoms with Crippen molar-refractivity contribution in [2.24, 2.45) is 0 Å². The van der Waals surface area contributed by atoms with Crippen LogP contribution in [0.3, 0.4) is 0 Å². The average molecular weight is 325 g/mol. The lowest BCUT2D eigenvalue weighted by atomic mass is 10.1. The third-order valence-electron chi connectivity index (χ3n) is 3.38. The number of rotatable bonds is 2. The van der Waals surface area contributed by atoms with Crippen molar-refractivity contribution in [3.05, 3.63) is 17.8 Å². The second-order valence-corrected chi connectivity index (χ2v) is 8.16.